The Balaban J connectivity index is 1.85. The first-order valence-electron chi connectivity index (χ1n) is 8.79. The highest BCUT2D eigenvalue weighted by molar-refractivity contribution is 9.11. The summed E-state index contributed by atoms with van der Waals surface area (Å²) in [6, 6.07) is 5.59. The summed E-state index contributed by atoms with van der Waals surface area (Å²) in [6.07, 6.45) is 6.51. The van der Waals surface area contributed by atoms with Crippen molar-refractivity contribution in [2.24, 2.45) is 4.99 Å². The summed E-state index contributed by atoms with van der Waals surface area (Å²) in [6.45, 7) is 0. The van der Waals surface area contributed by atoms with E-state index in [1.807, 2.05) is 6.08 Å². The Labute approximate surface area is 165 Å². The number of hydrogen-bond donors (Lipinski definition) is 0. The Morgan fingerprint density at radius 2 is 2.04 bits per heavy atom. The maximum absolute atomic E-state index is 13.3. The van der Waals surface area contributed by atoms with Crippen LogP contribution in [0.1, 0.15) is 32.1 Å². The first kappa shape index (κ1) is 19.5. The number of carbonyl (C=O) groups excluding carboxylic acids is 2. The van der Waals surface area contributed by atoms with Gasteiger partial charge in [0.15, 0.2) is 0 Å². The fourth-order valence-electron chi connectivity index (χ4n) is 3.15. The molecule has 0 bridgehead atoms. The van der Waals surface area contributed by atoms with Crippen LogP contribution in [0.15, 0.2) is 51.5 Å². The number of fused-ring (bicyclic) bond motifs is 1. The minimum absolute atomic E-state index is 0.138. The lowest BCUT2D eigenvalue weighted by atomic mass is 9.95. The molecule has 27 heavy (non-hydrogen) atoms. The molecule has 0 saturated heterocycles. The van der Waals surface area contributed by atoms with Gasteiger partial charge in [0.25, 0.3) is 5.91 Å². The van der Waals surface area contributed by atoms with Crippen LogP contribution in [0.5, 0.6) is 0 Å². The van der Waals surface area contributed by atoms with Gasteiger partial charge in [0.05, 0.1) is 18.8 Å². The van der Waals surface area contributed by atoms with E-state index >= 15 is 0 Å². The lowest BCUT2D eigenvalue weighted by molar-refractivity contribution is -0.140. The zero-order valence-electron chi connectivity index (χ0n) is 15.0. The monoisotopic (exact) mass is 434 g/mol. The molecule has 1 aliphatic carbocycles. The molecule has 0 radical (unpaired) electrons. The summed E-state index contributed by atoms with van der Waals surface area (Å²) in [5.74, 6) is -0.110. The zero-order valence-corrected chi connectivity index (χ0v) is 16.5. The van der Waals surface area contributed by atoms with E-state index in [9.17, 15) is 14.0 Å². The highest BCUT2D eigenvalue weighted by Crippen LogP contribution is 2.33. The predicted molar refractivity (Wildman–Crippen MR) is 105 cm³/mol. The number of aliphatic imine (C=N–C) groups is 1. The van der Waals surface area contributed by atoms with E-state index in [0.717, 1.165) is 4.48 Å². The molecule has 0 aromatic heterocycles. The smallest absolute Gasteiger partial charge is 0.305 e. The summed E-state index contributed by atoms with van der Waals surface area (Å²) < 4.78 is 19.0. The van der Waals surface area contributed by atoms with Gasteiger partial charge in [-0.05, 0) is 41.6 Å². The number of allylic oxidation sites excluding steroid dienone is 2. The molecule has 1 aliphatic heterocycles. The number of benzene rings is 1. The van der Waals surface area contributed by atoms with Crippen molar-refractivity contribution in [2.75, 3.05) is 12.0 Å². The predicted octanol–water partition coefficient (Wildman–Crippen LogP) is 4.28. The molecule has 0 spiro atoms. The van der Waals surface area contributed by atoms with Crippen molar-refractivity contribution in [3.05, 3.63) is 52.3 Å². The number of amides is 1. The average Bonchev–Trinajstić information content (AvgIpc) is 2.66. The molecule has 1 atom stereocenters. The van der Waals surface area contributed by atoms with Crippen LogP contribution in [0.25, 0.3) is 0 Å². The minimum Gasteiger partial charge on any atom is -0.469 e. The topological polar surface area (TPSA) is 59.0 Å². The standard InChI is InChI=1S/C20H20BrFN2O3/c1-27-19(25)5-3-2-4-18-23-17-12-13(21)6-11-16(17)20(26)24(18)15-9-7-14(22)8-10-15/h6-11,17H,2-5,12H2,1H3. The molecule has 1 amide bonds. The molecule has 7 heteroatoms. The highest BCUT2D eigenvalue weighted by atomic mass is 79.9. The van der Waals surface area contributed by atoms with Crippen LogP contribution in [0.4, 0.5) is 10.1 Å². The van der Waals surface area contributed by atoms with Gasteiger partial charge in [-0.2, -0.15) is 0 Å². The maximum atomic E-state index is 13.3. The second-order valence-corrected chi connectivity index (χ2v) is 7.42. The number of esters is 1. The van der Waals surface area contributed by atoms with E-state index in [-0.39, 0.29) is 23.7 Å². The van der Waals surface area contributed by atoms with Gasteiger partial charge in [0.1, 0.15) is 11.7 Å². The van der Waals surface area contributed by atoms with Gasteiger partial charge in [-0.15, -0.1) is 0 Å². The number of ether oxygens (including phenoxy) is 1. The molecule has 2 aliphatic rings. The van der Waals surface area contributed by atoms with E-state index in [2.05, 4.69) is 20.7 Å². The Morgan fingerprint density at radius 1 is 1.30 bits per heavy atom. The van der Waals surface area contributed by atoms with Crippen LogP contribution in [-0.2, 0) is 14.3 Å². The van der Waals surface area contributed by atoms with E-state index < -0.39 is 0 Å². The van der Waals surface area contributed by atoms with Crippen molar-refractivity contribution in [2.45, 2.75) is 38.1 Å². The number of halogens is 2. The Morgan fingerprint density at radius 3 is 2.74 bits per heavy atom. The van der Waals surface area contributed by atoms with Crippen molar-refractivity contribution >= 4 is 39.3 Å². The molecule has 0 N–H and O–H groups in total. The van der Waals surface area contributed by atoms with Crippen molar-refractivity contribution in [1.29, 1.82) is 0 Å². The van der Waals surface area contributed by atoms with Gasteiger partial charge in [-0.25, -0.2) is 4.39 Å². The fourth-order valence-corrected chi connectivity index (χ4v) is 3.59. The number of amidine groups is 1. The number of anilines is 1. The molecule has 142 valence electrons. The first-order chi connectivity index (χ1) is 13.0. The third kappa shape index (κ3) is 4.53. The summed E-state index contributed by atoms with van der Waals surface area (Å²) in [7, 11) is 1.37. The van der Waals surface area contributed by atoms with Crippen LogP contribution < -0.4 is 4.90 Å². The molecule has 3 rings (SSSR count). The van der Waals surface area contributed by atoms with E-state index in [1.54, 1.807) is 23.1 Å². The summed E-state index contributed by atoms with van der Waals surface area (Å²) in [5.41, 5.74) is 1.21. The van der Waals surface area contributed by atoms with Crippen molar-refractivity contribution < 1.29 is 18.7 Å². The fraction of sp³-hybridized carbons (Fsp3) is 0.350. The maximum Gasteiger partial charge on any atom is 0.305 e. The van der Waals surface area contributed by atoms with Crippen LogP contribution in [0.2, 0.25) is 0 Å². The van der Waals surface area contributed by atoms with E-state index in [0.29, 0.717) is 49.2 Å². The quantitative estimate of drug-likeness (QED) is 0.495. The molecule has 1 aromatic carbocycles. The number of hydrogen-bond acceptors (Lipinski definition) is 4. The number of unbranched alkanes of at least 4 members (excludes halogenated alkanes) is 1. The van der Waals surface area contributed by atoms with E-state index in [4.69, 9.17) is 4.99 Å². The second kappa shape index (κ2) is 8.61. The van der Waals surface area contributed by atoms with Crippen molar-refractivity contribution in [3.8, 4) is 0 Å². The summed E-state index contributed by atoms with van der Waals surface area (Å²) in [4.78, 5) is 30.7. The van der Waals surface area contributed by atoms with Gasteiger partial charge in [0.2, 0.25) is 0 Å². The molecule has 0 saturated carbocycles. The SMILES string of the molecule is COC(=O)CCCCC1=NC2CC(Br)=CC=C2C(=O)N1c1ccc(F)cc1. The van der Waals surface area contributed by atoms with Gasteiger partial charge in [-0.3, -0.25) is 19.5 Å². The third-order valence-electron chi connectivity index (χ3n) is 4.55. The Bertz CT molecular complexity index is 830. The van der Waals surface area contributed by atoms with E-state index in [1.165, 1.54) is 19.2 Å². The Hall–Kier alpha value is -2.28. The van der Waals surface area contributed by atoms with Gasteiger partial charge in [0, 0.05) is 24.8 Å². The first-order valence-corrected chi connectivity index (χ1v) is 9.58. The Kier molecular flexibility index (Phi) is 6.21. The molecular weight excluding hydrogens is 415 g/mol. The molecule has 1 unspecified atom stereocenters. The van der Waals surface area contributed by atoms with Crippen LogP contribution >= 0.6 is 15.9 Å². The summed E-state index contributed by atoms with van der Waals surface area (Å²) >= 11 is 3.48. The summed E-state index contributed by atoms with van der Waals surface area (Å²) in [5, 5.41) is 0. The number of carbonyl (C=O) groups is 2. The normalized spacial score (nSPS) is 19.1. The van der Waals surface area contributed by atoms with Gasteiger partial charge >= 0.3 is 5.97 Å². The zero-order chi connectivity index (χ0) is 19.4. The van der Waals surface area contributed by atoms with Crippen LogP contribution in [0, 0.1) is 5.82 Å². The lowest BCUT2D eigenvalue weighted by Crippen LogP contribution is -2.45. The largest absolute Gasteiger partial charge is 0.469 e. The molecule has 1 heterocycles. The lowest BCUT2D eigenvalue weighted by Gasteiger charge is -2.34. The highest BCUT2D eigenvalue weighted by Gasteiger charge is 2.35. The number of methoxy groups -OCH3 is 1. The van der Waals surface area contributed by atoms with Crippen molar-refractivity contribution in [3.63, 3.8) is 0 Å². The van der Waals surface area contributed by atoms with Crippen molar-refractivity contribution in [1.82, 2.24) is 0 Å². The number of nitrogens with zero attached hydrogens (tertiary/aromatic N) is 2. The average molecular weight is 435 g/mol. The molecule has 5 nitrogen and oxygen atoms in total. The number of rotatable bonds is 6. The van der Waals surface area contributed by atoms with Gasteiger partial charge in [-0.1, -0.05) is 28.1 Å². The van der Waals surface area contributed by atoms with Crippen LogP contribution in [-0.4, -0.2) is 30.9 Å². The van der Waals surface area contributed by atoms with Crippen LogP contribution in [0.3, 0.4) is 0 Å². The van der Waals surface area contributed by atoms with Gasteiger partial charge < -0.3 is 4.74 Å². The second-order valence-electron chi connectivity index (χ2n) is 6.40. The third-order valence-corrected chi connectivity index (χ3v) is 5.14. The molecule has 0 fully saturated rings. The molecule has 1 aromatic rings. The minimum atomic E-state index is -0.360. The molecular formula is C20H20BrFN2O3.